The summed E-state index contributed by atoms with van der Waals surface area (Å²) in [6.07, 6.45) is 5.75. The first-order valence-corrected chi connectivity index (χ1v) is 9.37. The third-order valence-corrected chi connectivity index (χ3v) is 5.15. The van der Waals surface area contributed by atoms with Crippen LogP contribution in [0, 0.1) is 5.82 Å². The van der Waals surface area contributed by atoms with E-state index < -0.39 is 0 Å². The number of nitrogens with one attached hydrogen (secondary N) is 1. The van der Waals surface area contributed by atoms with Crippen LogP contribution >= 0.6 is 0 Å². The first-order chi connectivity index (χ1) is 14.2. The molecule has 0 fully saturated rings. The number of rotatable bonds is 4. The van der Waals surface area contributed by atoms with Crippen LogP contribution in [-0.4, -0.2) is 25.5 Å². The van der Waals surface area contributed by atoms with Gasteiger partial charge in [0, 0.05) is 30.3 Å². The van der Waals surface area contributed by atoms with Gasteiger partial charge in [-0.25, -0.2) is 13.8 Å². The van der Waals surface area contributed by atoms with Crippen LogP contribution in [-0.2, 0) is 11.3 Å². The molecule has 1 unspecified atom stereocenters. The summed E-state index contributed by atoms with van der Waals surface area (Å²) in [4.78, 5) is 12.5. The van der Waals surface area contributed by atoms with Crippen LogP contribution in [0.1, 0.15) is 29.0 Å². The van der Waals surface area contributed by atoms with Crippen LogP contribution in [0.3, 0.4) is 0 Å². The second kappa shape index (κ2) is 7.01. The predicted octanol–water partition coefficient (Wildman–Crippen LogP) is 3.73. The summed E-state index contributed by atoms with van der Waals surface area (Å²) < 4.78 is 17.0. The normalized spacial score (nSPS) is 15.8. The summed E-state index contributed by atoms with van der Waals surface area (Å²) in [5.74, 6) is 0.212. The Hall–Kier alpha value is -3.74. The lowest BCUT2D eigenvalue weighted by Gasteiger charge is -2.24. The highest BCUT2D eigenvalue weighted by atomic mass is 19.1. The van der Waals surface area contributed by atoms with E-state index in [1.807, 2.05) is 42.6 Å². The van der Waals surface area contributed by atoms with E-state index in [9.17, 15) is 9.18 Å². The van der Waals surface area contributed by atoms with Crippen molar-refractivity contribution in [1.82, 2.24) is 19.6 Å². The van der Waals surface area contributed by atoms with Gasteiger partial charge in [-0.3, -0.25) is 4.79 Å². The number of carbonyl (C=O) groups excluding carboxylic acids is 1. The minimum Gasteiger partial charge on any atom is -0.311 e. The van der Waals surface area contributed by atoms with Crippen LogP contribution in [0.5, 0.6) is 0 Å². The Kier molecular flexibility index (Phi) is 4.20. The molecule has 1 atom stereocenters. The molecule has 1 N–H and O–H groups in total. The number of fused-ring (bicyclic) bond motifs is 1. The van der Waals surface area contributed by atoms with Crippen molar-refractivity contribution in [3.8, 4) is 5.69 Å². The molecule has 144 valence electrons. The topological polar surface area (TPSA) is 64.7 Å². The van der Waals surface area contributed by atoms with Gasteiger partial charge in [0.05, 0.1) is 18.4 Å². The molecule has 2 aromatic heterocycles. The molecule has 1 amide bonds. The molecule has 6 nitrogen and oxygen atoms in total. The van der Waals surface area contributed by atoms with Gasteiger partial charge in [-0.2, -0.15) is 10.2 Å². The molecule has 0 saturated heterocycles. The van der Waals surface area contributed by atoms with Gasteiger partial charge in [0.2, 0.25) is 5.91 Å². The number of aromatic nitrogens is 4. The number of carbonyl (C=O) groups is 1. The van der Waals surface area contributed by atoms with Gasteiger partial charge in [0.25, 0.3) is 0 Å². The number of halogens is 1. The zero-order chi connectivity index (χ0) is 19.8. The maximum Gasteiger partial charge on any atom is 0.226 e. The molecule has 29 heavy (non-hydrogen) atoms. The molecule has 0 radical (unpaired) electrons. The number of hydrogen-bond acceptors (Lipinski definition) is 3. The van der Waals surface area contributed by atoms with E-state index in [0.29, 0.717) is 18.8 Å². The zero-order valence-corrected chi connectivity index (χ0v) is 15.5. The minimum absolute atomic E-state index is 0.0621. The van der Waals surface area contributed by atoms with Crippen LogP contribution in [0.4, 0.5) is 10.2 Å². The number of nitrogens with zero attached hydrogens (tertiary/aromatic N) is 4. The van der Waals surface area contributed by atoms with E-state index >= 15 is 0 Å². The van der Waals surface area contributed by atoms with Gasteiger partial charge in [0.1, 0.15) is 11.6 Å². The molecule has 1 aliphatic rings. The fraction of sp³-hybridized carbons (Fsp3) is 0.136. The Morgan fingerprint density at radius 3 is 2.83 bits per heavy atom. The first-order valence-electron chi connectivity index (χ1n) is 9.37. The molecule has 0 spiro atoms. The fourth-order valence-electron chi connectivity index (χ4n) is 3.80. The third-order valence-electron chi connectivity index (χ3n) is 5.15. The number of hydrogen-bond donors (Lipinski definition) is 1. The second-order valence-corrected chi connectivity index (χ2v) is 7.09. The number of amides is 1. The van der Waals surface area contributed by atoms with Gasteiger partial charge in [-0.15, -0.1) is 0 Å². The zero-order valence-electron chi connectivity index (χ0n) is 15.5. The Bertz CT molecular complexity index is 1180. The quantitative estimate of drug-likeness (QED) is 0.580. The first kappa shape index (κ1) is 17.4. The molecule has 0 saturated carbocycles. The molecule has 1 aliphatic heterocycles. The maximum atomic E-state index is 13.5. The van der Waals surface area contributed by atoms with E-state index in [0.717, 1.165) is 22.4 Å². The van der Waals surface area contributed by atoms with E-state index in [-0.39, 0.29) is 17.6 Å². The summed E-state index contributed by atoms with van der Waals surface area (Å²) in [5.41, 5.74) is 3.71. The van der Waals surface area contributed by atoms with Crippen molar-refractivity contribution in [3.05, 3.63) is 95.7 Å². The summed E-state index contributed by atoms with van der Waals surface area (Å²) in [6.45, 7) is 0.382. The molecule has 4 aromatic rings. The Morgan fingerprint density at radius 2 is 2.00 bits per heavy atom. The summed E-state index contributed by atoms with van der Waals surface area (Å²) >= 11 is 0. The predicted molar refractivity (Wildman–Crippen MR) is 106 cm³/mol. The fourth-order valence-corrected chi connectivity index (χ4v) is 3.80. The molecule has 5 rings (SSSR count). The second-order valence-electron chi connectivity index (χ2n) is 7.09. The van der Waals surface area contributed by atoms with Crippen LogP contribution in [0.15, 0.2) is 73.2 Å². The summed E-state index contributed by atoms with van der Waals surface area (Å²) in [5, 5.41) is 11.7. The Labute approximate surface area is 166 Å². The molecule has 7 heteroatoms. The summed E-state index contributed by atoms with van der Waals surface area (Å²) in [7, 11) is 0. The Morgan fingerprint density at radius 1 is 1.10 bits per heavy atom. The maximum absolute atomic E-state index is 13.5. The van der Waals surface area contributed by atoms with Gasteiger partial charge >= 0.3 is 0 Å². The highest BCUT2D eigenvalue weighted by molar-refractivity contribution is 5.94. The molecular formula is C22H18FN5O. The van der Waals surface area contributed by atoms with Crippen LogP contribution in [0.25, 0.3) is 5.69 Å². The van der Waals surface area contributed by atoms with Gasteiger partial charge in [-0.05, 0) is 41.5 Å². The van der Waals surface area contributed by atoms with E-state index in [1.54, 1.807) is 27.8 Å². The van der Waals surface area contributed by atoms with Crippen LogP contribution < -0.4 is 5.32 Å². The monoisotopic (exact) mass is 387 g/mol. The van der Waals surface area contributed by atoms with Crippen molar-refractivity contribution in [2.24, 2.45) is 0 Å². The van der Waals surface area contributed by atoms with Crippen molar-refractivity contribution >= 4 is 11.7 Å². The average Bonchev–Trinajstić information content (AvgIpc) is 3.39. The number of benzene rings is 2. The molecule has 0 aliphatic carbocycles. The van der Waals surface area contributed by atoms with Crippen molar-refractivity contribution in [2.75, 3.05) is 5.32 Å². The van der Waals surface area contributed by atoms with E-state index in [1.165, 1.54) is 12.1 Å². The van der Waals surface area contributed by atoms with Gasteiger partial charge < -0.3 is 5.32 Å². The van der Waals surface area contributed by atoms with E-state index in [4.69, 9.17) is 0 Å². The standard InChI is InChI=1S/C22H18FN5O/c23-17-6-1-4-15(10-17)14-28-22-20(13-25-28)19(12-21(29)26-22)16-5-2-7-18(11-16)27-9-3-8-24-27/h1-11,13,19H,12,14H2,(H,26,29). The minimum atomic E-state index is -0.291. The SMILES string of the molecule is O=C1CC(c2cccc(-n3cccn3)c2)c2cnn(Cc3cccc(F)c3)c2N1. The van der Waals surface area contributed by atoms with Crippen molar-refractivity contribution in [2.45, 2.75) is 18.9 Å². The Balaban J connectivity index is 1.51. The number of anilines is 1. The summed E-state index contributed by atoms with van der Waals surface area (Å²) in [6, 6.07) is 16.3. The third kappa shape index (κ3) is 3.31. The smallest absolute Gasteiger partial charge is 0.226 e. The highest BCUT2D eigenvalue weighted by Crippen LogP contribution is 2.37. The molecular weight excluding hydrogens is 369 g/mol. The van der Waals surface area contributed by atoms with Crippen LogP contribution in [0.2, 0.25) is 0 Å². The van der Waals surface area contributed by atoms with Crippen molar-refractivity contribution in [3.63, 3.8) is 0 Å². The van der Waals surface area contributed by atoms with E-state index in [2.05, 4.69) is 15.5 Å². The largest absolute Gasteiger partial charge is 0.311 e. The molecule has 3 heterocycles. The molecule has 0 bridgehead atoms. The molecule has 2 aromatic carbocycles. The van der Waals surface area contributed by atoms with Crippen molar-refractivity contribution < 1.29 is 9.18 Å². The van der Waals surface area contributed by atoms with Gasteiger partial charge in [-0.1, -0.05) is 24.3 Å². The lowest BCUT2D eigenvalue weighted by Crippen LogP contribution is -2.25. The lowest BCUT2D eigenvalue weighted by molar-refractivity contribution is -0.116. The lowest BCUT2D eigenvalue weighted by atomic mass is 9.87. The van der Waals surface area contributed by atoms with Crippen molar-refractivity contribution in [1.29, 1.82) is 0 Å². The average molecular weight is 387 g/mol. The highest BCUT2D eigenvalue weighted by Gasteiger charge is 2.30. The van der Waals surface area contributed by atoms with Gasteiger partial charge in [0.15, 0.2) is 0 Å².